The van der Waals surface area contributed by atoms with Crippen molar-refractivity contribution in [2.24, 2.45) is 5.14 Å². The van der Waals surface area contributed by atoms with E-state index in [1.165, 1.54) is 23.1 Å². The van der Waals surface area contributed by atoms with Gasteiger partial charge in [-0.15, -0.1) is 0 Å². The molecule has 0 fully saturated rings. The minimum absolute atomic E-state index is 0.159. The molecule has 1 aliphatic heterocycles. The van der Waals surface area contributed by atoms with Crippen LogP contribution in [0, 0.1) is 0 Å². The number of fused-ring (bicyclic) bond motifs is 1. The van der Waals surface area contributed by atoms with Crippen molar-refractivity contribution in [2.45, 2.75) is 10.9 Å². The molecule has 1 unspecified atom stereocenters. The van der Waals surface area contributed by atoms with Gasteiger partial charge >= 0.3 is 0 Å². The fourth-order valence-electron chi connectivity index (χ4n) is 4.04. The molecule has 0 spiro atoms. The molecule has 2 amide bonds. The van der Waals surface area contributed by atoms with Gasteiger partial charge in [0.05, 0.1) is 16.3 Å². The number of hydrogen-bond acceptors (Lipinski definition) is 4. The van der Waals surface area contributed by atoms with Gasteiger partial charge in [-0.3, -0.25) is 14.5 Å². The zero-order valence-electron chi connectivity index (χ0n) is 17.8. The van der Waals surface area contributed by atoms with Gasteiger partial charge in [0.2, 0.25) is 10.0 Å². The number of anilines is 2. The van der Waals surface area contributed by atoms with Crippen LogP contribution >= 0.6 is 0 Å². The first-order valence-electron chi connectivity index (χ1n) is 10.4. The number of rotatable bonds is 4. The third-order valence-electron chi connectivity index (χ3n) is 5.67. The van der Waals surface area contributed by atoms with Crippen molar-refractivity contribution in [3.8, 4) is 5.69 Å². The summed E-state index contributed by atoms with van der Waals surface area (Å²) in [7, 11) is -3.99. The summed E-state index contributed by atoms with van der Waals surface area (Å²) in [6.07, 6.45) is 3.80. The molecule has 0 aliphatic carbocycles. The number of benzene rings is 3. The largest absolute Gasteiger partial charge is 0.324 e. The van der Waals surface area contributed by atoms with E-state index in [9.17, 15) is 18.0 Å². The molecule has 0 saturated heterocycles. The van der Waals surface area contributed by atoms with Gasteiger partial charge in [0.15, 0.2) is 0 Å². The Labute approximate surface area is 196 Å². The Balaban J connectivity index is 1.61. The van der Waals surface area contributed by atoms with E-state index in [0.29, 0.717) is 16.8 Å². The molecule has 0 radical (unpaired) electrons. The van der Waals surface area contributed by atoms with Crippen LogP contribution in [0.2, 0.25) is 0 Å². The Bertz CT molecular complexity index is 1480. The minimum Gasteiger partial charge on any atom is -0.324 e. The molecule has 3 aromatic carbocycles. The number of carbonyl (C=O) groups excluding carboxylic acids is 2. The lowest BCUT2D eigenvalue weighted by molar-refractivity contribution is -0.117. The van der Waals surface area contributed by atoms with E-state index >= 15 is 0 Å². The van der Waals surface area contributed by atoms with Gasteiger partial charge in [0.1, 0.15) is 6.04 Å². The molecule has 34 heavy (non-hydrogen) atoms. The number of sulfonamides is 1. The van der Waals surface area contributed by atoms with Crippen LogP contribution in [0.15, 0.2) is 102 Å². The molecule has 170 valence electrons. The van der Waals surface area contributed by atoms with Gasteiger partial charge in [0, 0.05) is 23.6 Å². The lowest BCUT2D eigenvalue weighted by Crippen LogP contribution is -2.45. The van der Waals surface area contributed by atoms with Crippen molar-refractivity contribution in [1.29, 1.82) is 0 Å². The molecule has 4 aromatic rings. The van der Waals surface area contributed by atoms with Crippen molar-refractivity contribution in [1.82, 2.24) is 4.57 Å². The summed E-state index contributed by atoms with van der Waals surface area (Å²) in [6.45, 7) is 0. The molecule has 0 bridgehead atoms. The maximum Gasteiger partial charge on any atom is 0.259 e. The first-order valence-corrected chi connectivity index (χ1v) is 12.0. The first-order chi connectivity index (χ1) is 16.3. The predicted octanol–water partition coefficient (Wildman–Crippen LogP) is 3.46. The van der Waals surface area contributed by atoms with E-state index in [4.69, 9.17) is 5.14 Å². The Hall–Kier alpha value is -4.21. The predicted molar refractivity (Wildman–Crippen MR) is 128 cm³/mol. The fraction of sp³-hybridized carbons (Fsp3) is 0.0400. The second-order valence-electron chi connectivity index (χ2n) is 7.84. The van der Waals surface area contributed by atoms with E-state index < -0.39 is 27.9 Å². The number of nitrogens with one attached hydrogen (secondary N) is 1. The number of nitrogens with two attached hydrogens (primary N) is 1. The van der Waals surface area contributed by atoms with Gasteiger partial charge in [-0.2, -0.15) is 0 Å². The van der Waals surface area contributed by atoms with Crippen LogP contribution in [0.5, 0.6) is 0 Å². The van der Waals surface area contributed by atoms with Crippen molar-refractivity contribution >= 4 is 33.2 Å². The summed E-state index contributed by atoms with van der Waals surface area (Å²) in [5.41, 5.74) is 2.46. The van der Waals surface area contributed by atoms with E-state index in [-0.39, 0.29) is 10.6 Å². The third kappa shape index (κ3) is 3.87. The van der Waals surface area contributed by atoms with Crippen LogP contribution in [-0.2, 0) is 14.8 Å². The highest BCUT2D eigenvalue weighted by Crippen LogP contribution is 2.40. The van der Waals surface area contributed by atoms with Crippen molar-refractivity contribution in [3.63, 3.8) is 0 Å². The van der Waals surface area contributed by atoms with E-state index in [0.717, 1.165) is 5.69 Å². The van der Waals surface area contributed by atoms with Crippen molar-refractivity contribution in [3.05, 3.63) is 108 Å². The Morgan fingerprint density at radius 3 is 2.21 bits per heavy atom. The topological polar surface area (TPSA) is 114 Å². The maximum atomic E-state index is 13.8. The Kier molecular flexibility index (Phi) is 5.27. The fourth-order valence-corrected chi connectivity index (χ4v) is 4.58. The van der Waals surface area contributed by atoms with Gasteiger partial charge in [0.25, 0.3) is 11.8 Å². The second kappa shape index (κ2) is 8.29. The van der Waals surface area contributed by atoms with Crippen LogP contribution in [0.4, 0.5) is 11.4 Å². The molecule has 9 heteroatoms. The van der Waals surface area contributed by atoms with Crippen LogP contribution < -0.4 is 15.4 Å². The van der Waals surface area contributed by atoms with Crippen LogP contribution in [-0.4, -0.2) is 24.8 Å². The maximum absolute atomic E-state index is 13.8. The lowest BCUT2D eigenvalue weighted by Gasteiger charge is -2.37. The average Bonchev–Trinajstić information content (AvgIpc) is 3.37. The zero-order valence-corrected chi connectivity index (χ0v) is 18.6. The average molecular weight is 473 g/mol. The molecule has 1 atom stereocenters. The van der Waals surface area contributed by atoms with E-state index in [1.54, 1.807) is 36.4 Å². The highest BCUT2D eigenvalue weighted by atomic mass is 32.2. The molecular formula is C25H20N4O4S. The second-order valence-corrected chi connectivity index (χ2v) is 9.40. The number of carbonyl (C=O) groups is 2. The number of amides is 2. The quantitative estimate of drug-likeness (QED) is 0.473. The monoisotopic (exact) mass is 472 g/mol. The first kappa shape index (κ1) is 21.6. The Morgan fingerprint density at radius 1 is 0.882 bits per heavy atom. The smallest absolute Gasteiger partial charge is 0.259 e. The number of nitrogens with zero attached hydrogens (tertiary/aromatic N) is 2. The molecule has 1 aliphatic rings. The van der Waals surface area contributed by atoms with Crippen LogP contribution in [0.3, 0.4) is 0 Å². The van der Waals surface area contributed by atoms with Crippen molar-refractivity contribution in [2.75, 3.05) is 10.2 Å². The molecule has 8 nitrogen and oxygen atoms in total. The third-order valence-corrected chi connectivity index (χ3v) is 6.58. The summed E-state index contributed by atoms with van der Waals surface area (Å²) in [4.78, 5) is 28.2. The summed E-state index contributed by atoms with van der Waals surface area (Å²) in [6, 6.07) is 22.9. The summed E-state index contributed by atoms with van der Waals surface area (Å²) >= 11 is 0. The summed E-state index contributed by atoms with van der Waals surface area (Å²) < 4.78 is 25.6. The van der Waals surface area contributed by atoms with Gasteiger partial charge in [-0.25, -0.2) is 13.6 Å². The molecular weight excluding hydrogens is 452 g/mol. The Morgan fingerprint density at radius 2 is 1.56 bits per heavy atom. The normalized spacial score (nSPS) is 15.5. The molecule has 1 aromatic heterocycles. The highest BCUT2D eigenvalue weighted by molar-refractivity contribution is 7.89. The van der Waals surface area contributed by atoms with Crippen LogP contribution in [0.1, 0.15) is 22.0 Å². The van der Waals surface area contributed by atoms with E-state index in [1.807, 2.05) is 47.3 Å². The van der Waals surface area contributed by atoms with Gasteiger partial charge in [-0.05, 0) is 60.2 Å². The minimum atomic E-state index is -3.99. The van der Waals surface area contributed by atoms with E-state index in [2.05, 4.69) is 5.32 Å². The van der Waals surface area contributed by atoms with Crippen molar-refractivity contribution < 1.29 is 18.0 Å². The SMILES string of the molecule is NS(=O)(=O)c1ccc2c(c1)NC(=O)C(c1ccccc1)N2C(=O)c1ccc(-n2cccc2)cc1. The van der Waals surface area contributed by atoms with Gasteiger partial charge < -0.3 is 9.88 Å². The number of primary sulfonamides is 1. The highest BCUT2D eigenvalue weighted by Gasteiger charge is 2.38. The summed E-state index contributed by atoms with van der Waals surface area (Å²) in [5.74, 6) is -0.852. The standard InChI is InChI=1S/C25H20N4O4S/c26-34(32,33)20-12-13-22-21(16-20)27-24(30)23(17-6-2-1-3-7-17)29(22)25(31)18-8-10-19(11-9-18)28-14-4-5-15-28/h1-16,23H,(H,27,30)(H2,26,32,33). The number of aromatic nitrogens is 1. The zero-order chi connectivity index (χ0) is 23.9. The lowest BCUT2D eigenvalue weighted by atomic mass is 9.98. The molecule has 0 saturated carbocycles. The molecule has 5 rings (SSSR count). The number of hydrogen-bond donors (Lipinski definition) is 2. The van der Waals surface area contributed by atoms with Crippen LogP contribution in [0.25, 0.3) is 5.69 Å². The molecule has 3 N–H and O–H groups in total. The van der Waals surface area contributed by atoms with Gasteiger partial charge in [-0.1, -0.05) is 30.3 Å². The molecule has 2 heterocycles. The summed E-state index contributed by atoms with van der Waals surface area (Å²) in [5, 5.41) is 7.99.